The quantitative estimate of drug-likeness (QED) is 0.736. The maximum absolute atomic E-state index is 5.57. The highest BCUT2D eigenvalue weighted by atomic mass is 32.1. The minimum atomic E-state index is 0.0273. The molecule has 126 valence electrons. The lowest BCUT2D eigenvalue weighted by molar-refractivity contribution is 0.437. The van der Waals surface area contributed by atoms with E-state index in [1.807, 2.05) is 13.0 Å². The second-order valence-corrected chi connectivity index (χ2v) is 7.80. The van der Waals surface area contributed by atoms with Crippen LogP contribution in [0.4, 0.5) is 0 Å². The van der Waals surface area contributed by atoms with E-state index in [0.717, 1.165) is 16.5 Å². The number of aryl methyl sites for hydroxylation is 1. The van der Waals surface area contributed by atoms with E-state index in [4.69, 9.17) is 9.40 Å². The first kappa shape index (κ1) is 16.9. The molecular weight excluding hydrogens is 318 g/mol. The summed E-state index contributed by atoms with van der Waals surface area (Å²) in [4.78, 5) is 9.15. The molecule has 0 spiro atoms. The summed E-state index contributed by atoms with van der Waals surface area (Å²) < 4.78 is 5.57. The Balaban J connectivity index is 1.86. The fourth-order valence-corrected chi connectivity index (χ4v) is 3.58. The van der Waals surface area contributed by atoms with E-state index in [1.54, 1.807) is 17.5 Å². The second kappa shape index (κ2) is 6.87. The molecule has 24 heavy (non-hydrogen) atoms. The monoisotopic (exact) mass is 341 g/mol. The molecule has 4 nitrogen and oxygen atoms in total. The van der Waals surface area contributed by atoms with Crippen molar-refractivity contribution in [2.45, 2.75) is 45.7 Å². The number of hydrogen-bond acceptors (Lipinski definition) is 5. The van der Waals surface area contributed by atoms with Crippen LogP contribution in [0.25, 0.3) is 0 Å². The maximum atomic E-state index is 5.57. The van der Waals surface area contributed by atoms with Gasteiger partial charge in [-0.2, -0.15) is 0 Å². The molecule has 1 unspecified atom stereocenters. The summed E-state index contributed by atoms with van der Waals surface area (Å²) in [5.74, 6) is 1.52. The molecule has 0 bridgehead atoms. The third-order valence-corrected chi connectivity index (χ3v) is 4.71. The van der Waals surface area contributed by atoms with Crippen molar-refractivity contribution in [3.63, 3.8) is 0 Å². The molecule has 1 aromatic carbocycles. The molecule has 0 radical (unpaired) electrons. The van der Waals surface area contributed by atoms with Gasteiger partial charge in [0.15, 0.2) is 0 Å². The smallest absolute Gasteiger partial charge is 0.208 e. The normalized spacial score (nSPS) is 13.2. The van der Waals surface area contributed by atoms with Crippen molar-refractivity contribution in [3.8, 4) is 0 Å². The molecule has 1 N–H and O–H groups in total. The van der Waals surface area contributed by atoms with Crippen molar-refractivity contribution in [1.29, 1.82) is 0 Å². The maximum Gasteiger partial charge on any atom is 0.208 e. The molecule has 0 aliphatic heterocycles. The van der Waals surface area contributed by atoms with Crippen LogP contribution in [0.1, 0.15) is 54.7 Å². The van der Waals surface area contributed by atoms with Gasteiger partial charge in [0, 0.05) is 10.8 Å². The Labute approximate surface area is 147 Å². The molecule has 1 atom stereocenters. The van der Waals surface area contributed by atoms with Crippen LogP contribution in [0.2, 0.25) is 0 Å². The summed E-state index contributed by atoms with van der Waals surface area (Å²) in [7, 11) is 0. The van der Waals surface area contributed by atoms with E-state index in [2.05, 4.69) is 60.7 Å². The number of benzene rings is 1. The van der Waals surface area contributed by atoms with Gasteiger partial charge in [-0.25, -0.2) is 9.97 Å². The average molecular weight is 341 g/mol. The van der Waals surface area contributed by atoms with Gasteiger partial charge in [-0.1, -0.05) is 51.1 Å². The van der Waals surface area contributed by atoms with E-state index in [0.29, 0.717) is 12.4 Å². The van der Waals surface area contributed by atoms with Gasteiger partial charge >= 0.3 is 0 Å². The van der Waals surface area contributed by atoms with Crippen molar-refractivity contribution in [2.75, 3.05) is 0 Å². The molecule has 2 heterocycles. The number of thiazole rings is 1. The number of rotatable bonds is 5. The first-order chi connectivity index (χ1) is 11.4. The standard InChI is InChI=1S/C19H23N3OS/c1-13-10-20-16(23-13)11-21-17(14-8-6-5-7-9-14)18-22-15(12-24-18)19(2,3)4/h5-10,12,17,21H,11H2,1-4H3. The van der Waals surface area contributed by atoms with Crippen LogP contribution in [-0.2, 0) is 12.0 Å². The average Bonchev–Trinajstić information content (AvgIpc) is 3.18. The number of nitrogens with one attached hydrogen (secondary N) is 1. The zero-order valence-corrected chi connectivity index (χ0v) is 15.4. The zero-order valence-electron chi connectivity index (χ0n) is 14.5. The van der Waals surface area contributed by atoms with Gasteiger partial charge in [-0.3, -0.25) is 5.32 Å². The molecular formula is C19H23N3OS. The molecule has 0 aliphatic rings. The predicted molar refractivity (Wildman–Crippen MR) is 97.2 cm³/mol. The van der Waals surface area contributed by atoms with Crippen LogP contribution in [0, 0.1) is 6.92 Å². The molecule has 2 aromatic heterocycles. The van der Waals surface area contributed by atoms with Gasteiger partial charge in [0.25, 0.3) is 0 Å². The van der Waals surface area contributed by atoms with Crippen LogP contribution < -0.4 is 5.32 Å². The highest BCUT2D eigenvalue weighted by Gasteiger charge is 2.22. The Morgan fingerprint density at radius 3 is 2.54 bits per heavy atom. The minimum absolute atomic E-state index is 0.0273. The first-order valence-electron chi connectivity index (χ1n) is 8.09. The number of aromatic nitrogens is 2. The second-order valence-electron chi connectivity index (χ2n) is 6.91. The lowest BCUT2D eigenvalue weighted by atomic mass is 9.93. The Morgan fingerprint density at radius 2 is 1.96 bits per heavy atom. The molecule has 0 saturated carbocycles. The summed E-state index contributed by atoms with van der Waals surface area (Å²) >= 11 is 1.70. The van der Waals surface area contributed by atoms with Crippen LogP contribution in [0.15, 0.2) is 46.3 Å². The molecule has 3 rings (SSSR count). The van der Waals surface area contributed by atoms with Crippen molar-refractivity contribution in [3.05, 3.63) is 69.8 Å². The zero-order chi connectivity index (χ0) is 17.2. The van der Waals surface area contributed by atoms with E-state index in [9.17, 15) is 0 Å². The molecule has 0 aliphatic carbocycles. The first-order valence-corrected chi connectivity index (χ1v) is 8.97. The third-order valence-electron chi connectivity index (χ3n) is 3.80. The predicted octanol–water partition coefficient (Wildman–Crippen LogP) is 4.62. The Morgan fingerprint density at radius 1 is 1.21 bits per heavy atom. The van der Waals surface area contributed by atoms with Gasteiger partial charge in [0.05, 0.1) is 24.5 Å². The lowest BCUT2D eigenvalue weighted by Crippen LogP contribution is -2.22. The van der Waals surface area contributed by atoms with Gasteiger partial charge < -0.3 is 4.42 Å². The van der Waals surface area contributed by atoms with Gasteiger partial charge in [0.2, 0.25) is 5.89 Å². The van der Waals surface area contributed by atoms with Crippen LogP contribution in [-0.4, -0.2) is 9.97 Å². The lowest BCUT2D eigenvalue weighted by Gasteiger charge is -2.17. The molecule has 0 fully saturated rings. The summed E-state index contributed by atoms with van der Waals surface area (Å²) in [6.07, 6.45) is 1.75. The highest BCUT2D eigenvalue weighted by molar-refractivity contribution is 7.09. The van der Waals surface area contributed by atoms with Crippen LogP contribution >= 0.6 is 11.3 Å². The van der Waals surface area contributed by atoms with E-state index >= 15 is 0 Å². The molecule has 0 amide bonds. The molecule has 5 heteroatoms. The number of hydrogen-bond donors (Lipinski definition) is 1. The number of oxazole rings is 1. The Bertz CT molecular complexity index is 786. The van der Waals surface area contributed by atoms with Gasteiger partial charge in [-0.05, 0) is 12.5 Å². The van der Waals surface area contributed by atoms with E-state index in [-0.39, 0.29) is 11.5 Å². The van der Waals surface area contributed by atoms with Crippen molar-refractivity contribution >= 4 is 11.3 Å². The summed E-state index contributed by atoms with van der Waals surface area (Å²) in [5, 5.41) is 6.76. The van der Waals surface area contributed by atoms with Crippen molar-refractivity contribution < 1.29 is 4.42 Å². The Hall–Kier alpha value is -1.98. The SMILES string of the molecule is Cc1cnc(CNC(c2ccccc2)c2nc(C(C)(C)C)cs2)o1. The summed E-state index contributed by atoms with van der Waals surface area (Å²) in [5.41, 5.74) is 2.36. The van der Waals surface area contributed by atoms with E-state index in [1.165, 1.54) is 5.56 Å². The highest BCUT2D eigenvalue weighted by Crippen LogP contribution is 2.30. The van der Waals surface area contributed by atoms with Crippen molar-refractivity contribution in [2.24, 2.45) is 0 Å². The fourth-order valence-electron chi connectivity index (χ4n) is 2.43. The minimum Gasteiger partial charge on any atom is -0.445 e. The topological polar surface area (TPSA) is 51.0 Å². The molecule has 3 aromatic rings. The Kier molecular flexibility index (Phi) is 4.83. The summed E-state index contributed by atoms with van der Waals surface area (Å²) in [6, 6.07) is 10.4. The van der Waals surface area contributed by atoms with Crippen molar-refractivity contribution in [1.82, 2.24) is 15.3 Å². The van der Waals surface area contributed by atoms with Gasteiger partial charge in [-0.15, -0.1) is 11.3 Å². The van der Waals surface area contributed by atoms with Crippen LogP contribution in [0.5, 0.6) is 0 Å². The number of nitrogens with zero attached hydrogens (tertiary/aromatic N) is 2. The molecule has 0 saturated heterocycles. The largest absolute Gasteiger partial charge is 0.445 e. The van der Waals surface area contributed by atoms with E-state index < -0.39 is 0 Å². The van der Waals surface area contributed by atoms with Gasteiger partial charge in [0.1, 0.15) is 10.8 Å². The van der Waals surface area contributed by atoms with Crippen LogP contribution in [0.3, 0.4) is 0 Å². The summed E-state index contributed by atoms with van der Waals surface area (Å²) in [6.45, 7) is 9.03. The third kappa shape index (κ3) is 3.91. The fraction of sp³-hybridized carbons (Fsp3) is 0.368.